The molecule has 0 aliphatic rings. The van der Waals surface area contributed by atoms with Crippen LogP contribution >= 0.6 is 0 Å². The SMILES string of the molecule is CCCCCO[N]CCC. The first kappa shape index (κ1) is 9.92. The zero-order valence-electron chi connectivity index (χ0n) is 7.10. The van der Waals surface area contributed by atoms with Crippen LogP contribution in [0.15, 0.2) is 0 Å². The average molecular weight is 144 g/mol. The molecule has 61 valence electrons. The van der Waals surface area contributed by atoms with Crippen LogP contribution in [-0.4, -0.2) is 13.2 Å². The van der Waals surface area contributed by atoms with E-state index in [4.69, 9.17) is 4.84 Å². The van der Waals surface area contributed by atoms with Crippen LogP contribution in [0.4, 0.5) is 0 Å². The zero-order valence-corrected chi connectivity index (χ0v) is 7.10. The molecule has 0 atom stereocenters. The van der Waals surface area contributed by atoms with Crippen molar-refractivity contribution in [2.45, 2.75) is 39.5 Å². The lowest BCUT2D eigenvalue weighted by Crippen LogP contribution is -2.07. The van der Waals surface area contributed by atoms with Crippen molar-refractivity contribution in [2.24, 2.45) is 0 Å². The Hall–Kier alpha value is -0.0800. The average Bonchev–Trinajstić information content (AvgIpc) is 1.97. The van der Waals surface area contributed by atoms with Gasteiger partial charge in [-0.15, -0.1) is 0 Å². The molecule has 10 heavy (non-hydrogen) atoms. The third kappa shape index (κ3) is 7.92. The van der Waals surface area contributed by atoms with Crippen LogP contribution in [0.25, 0.3) is 0 Å². The van der Waals surface area contributed by atoms with E-state index in [0.29, 0.717) is 0 Å². The Morgan fingerprint density at radius 2 is 1.90 bits per heavy atom. The summed E-state index contributed by atoms with van der Waals surface area (Å²) in [6, 6.07) is 0. The van der Waals surface area contributed by atoms with E-state index in [1.165, 1.54) is 12.8 Å². The third-order valence-electron chi connectivity index (χ3n) is 1.25. The molecule has 1 radical (unpaired) electrons. The molecular formula is C8H18NO. The number of unbranched alkanes of at least 4 members (excludes halogenated alkanes) is 2. The van der Waals surface area contributed by atoms with Crippen LogP contribution in [0.3, 0.4) is 0 Å². The Kier molecular flexibility index (Phi) is 8.85. The van der Waals surface area contributed by atoms with E-state index in [2.05, 4.69) is 19.3 Å². The second kappa shape index (κ2) is 8.92. The molecule has 0 aliphatic carbocycles. The standard InChI is InChI=1S/C8H18NO/c1-3-5-6-8-10-9-7-4-2/h3-8H2,1-2H3. The van der Waals surface area contributed by atoms with Crippen molar-refractivity contribution in [1.29, 1.82) is 0 Å². The quantitative estimate of drug-likeness (QED) is 0.396. The van der Waals surface area contributed by atoms with E-state index in [9.17, 15) is 0 Å². The number of hydrogen-bond acceptors (Lipinski definition) is 1. The summed E-state index contributed by atoms with van der Waals surface area (Å²) < 4.78 is 0. The Balaban J connectivity index is 2.65. The number of nitrogens with zero attached hydrogens (tertiary/aromatic N) is 1. The first-order chi connectivity index (χ1) is 4.91. The van der Waals surface area contributed by atoms with Gasteiger partial charge in [0.2, 0.25) is 0 Å². The van der Waals surface area contributed by atoms with Crippen molar-refractivity contribution in [3.63, 3.8) is 0 Å². The molecule has 0 aromatic heterocycles. The summed E-state index contributed by atoms with van der Waals surface area (Å²) in [6.45, 7) is 5.92. The fraction of sp³-hybridized carbons (Fsp3) is 1.00. The lowest BCUT2D eigenvalue weighted by atomic mass is 10.3. The fourth-order valence-corrected chi connectivity index (χ4v) is 0.637. The van der Waals surface area contributed by atoms with Crippen LogP contribution in [0, 0.1) is 0 Å². The summed E-state index contributed by atoms with van der Waals surface area (Å²) in [4.78, 5) is 5.00. The first-order valence-corrected chi connectivity index (χ1v) is 4.20. The van der Waals surface area contributed by atoms with Crippen LogP contribution in [0.2, 0.25) is 0 Å². The van der Waals surface area contributed by atoms with Gasteiger partial charge < -0.3 is 0 Å². The number of rotatable bonds is 7. The van der Waals surface area contributed by atoms with Gasteiger partial charge in [-0.25, -0.2) is 0 Å². The van der Waals surface area contributed by atoms with Crippen LogP contribution in [0.1, 0.15) is 39.5 Å². The van der Waals surface area contributed by atoms with Crippen molar-refractivity contribution >= 4 is 0 Å². The molecule has 0 N–H and O–H groups in total. The minimum absolute atomic E-state index is 0.799. The number of hydroxylamine groups is 1. The highest BCUT2D eigenvalue weighted by Crippen LogP contribution is 1.92. The van der Waals surface area contributed by atoms with E-state index in [1.807, 2.05) is 0 Å². The fourth-order valence-electron chi connectivity index (χ4n) is 0.637. The highest BCUT2D eigenvalue weighted by molar-refractivity contribution is 4.34. The summed E-state index contributed by atoms with van der Waals surface area (Å²) in [5.74, 6) is 0. The van der Waals surface area contributed by atoms with E-state index in [0.717, 1.165) is 26.0 Å². The van der Waals surface area contributed by atoms with Crippen molar-refractivity contribution in [2.75, 3.05) is 13.2 Å². The van der Waals surface area contributed by atoms with Gasteiger partial charge >= 0.3 is 0 Å². The molecule has 0 aliphatic heterocycles. The van der Waals surface area contributed by atoms with E-state index >= 15 is 0 Å². The minimum atomic E-state index is 0.799. The van der Waals surface area contributed by atoms with Gasteiger partial charge in [0.25, 0.3) is 0 Å². The molecule has 0 bridgehead atoms. The first-order valence-electron chi connectivity index (χ1n) is 4.20. The lowest BCUT2D eigenvalue weighted by Gasteiger charge is -1.99. The molecule has 2 nitrogen and oxygen atoms in total. The highest BCUT2D eigenvalue weighted by Gasteiger charge is 1.87. The van der Waals surface area contributed by atoms with Gasteiger partial charge in [-0.2, -0.15) is 0 Å². The Labute approximate surface area is 63.9 Å². The van der Waals surface area contributed by atoms with E-state index in [-0.39, 0.29) is 0 Å². The second-order valence-corrected chi connectivity index (χ2v) is 2.39. The Morgan fingerprint density at radius 1 is 1.10 bits per heavy atom. The van der Waals surface area contributed by atoms with Crippen molar-refractivity contribution in [3.05, 3.63) is 0 Å². The van der Waals surface area contributed by atoms with Gasteiger partial charge in [-0.1, -0.05) is 32.2 Å². The highest BCUT2D eigenvalue weighted by atomic mass is 16.6. The van der Waals surface area contributed by atoms with Crippen LogP contribution in [-0.2, 0) is 4.84 Å². The van der Waals surface area contributed by atoms with Gasteiger partial charge in [-0.05, 0) is 12.8 Å². The molecule has 0 saturated heterocycles. The topological polar surface area (TPSA) is 23.3 Å². The smallest absolute Gasteiger partial charge is 0.0702 e. The molecule has 2 heteroatoms. The normalized spacial score (nSPS) is 10.2. The molecule has 0 rings (SSSR count). The predicted molar refractivity (Wildman–Crippen MR) is 42.8 cm³/mol. The van der Waals surface area contributed by atoms with Crippen molar-refractivity contribution in [3.8, 4) is 0 Å². The van der Waals surface area contributed by atoms with E-state index < -0.39 is 0 Å². The molecule has 0 saturated carbocycles. The van der Waals surface area contributed by atoms with Crippen molar-refractivity contribution in [1.82, 2.24) is 5.48 Å². The Morgan fingerprint density at radius 3 is 2.50 bits per heavy atom. The van der Waals surface area contributed by atoms with E-state index in [1.54, 1.807) is 0 Å². The largest absolute Gasteiger partial charge is 0.282 e. The zero-order chi connectivity index (χ0) is 7.66. The molecule has 0 heterocycles. The molecule has 0 aromatic carbocycles. The minimum Gasteiger partial charge on any atom is -0.282 e. The van der Waals surface area contributed by atoms with Gasteiger partial charge in [0.15, 0.2) is 0 Å². The third-order valence-corrected chi connectivity index (χ3v) is 1.25. The molecular weight excluding hydrogens is 126 g/mol. The predicted octanol–water partition coefficient (Wildman–Crippen LogP) is 2.12. The second-order valence-electron chi connectivity index (χ2n) is 2.39. The summed E-state index contributed by atoms with van der Waals surface area (Å²) in [7, 11) is 0. The Bertz CT molecular complexity index is 49.2. The van der Waals surface area contributed by atoms with Gasteiger partial charge in [0, 0.05) is 6.54 Å². The van der Waals surface area contributed by atoms with Gasteiger partial charge in [-0.3, -0.25) is 4.84 Å². The summed E-state index contributed by atoms with van der Waals surface area (Å²) in [6.07, 6.45) is 4.72. The van der Waals surface area contributed by atoms with Crippen molar-refractivity contribution < 1.29 is 4.84 Å². The lowest BCUT2D eigenvalue weighted by molar-refractivity contribution is 0.0308. The maximum absolute atomic E-state index is 5.00. The van der Waals surface area contributed by atoms with Crippen LogP contribution < -0.4 is 5.48 Å². The summed E-state index contributed by atoms with van der Waals surface area (Å²) in [5, 5.41) is 0. The maximum Gasteiger partial charge on any atom is 0.0702 e. The van der Waals surface area contributed by atoms with Crippen LogP contribution in [0.5, 0.6) is 0 Å². The molecule has 0 unspecified atom stereocenters. The molecule has 0 spiro atoms. The molecule has 0 fully saturated rings. The molecule has 0 amide bonds. The maximum atomic E-state index is 5.00. The molecule has 0 aromatic rings. The summed E-state index contributed by atoms with van der Waals surface area (Å²) >= 11 is 0. The summed E-state index contributed by atoms with van der Waals surface area (Å²) in [5.41, 5.74) is 3.86. The van der Waals surface area contributed by atoms with Gasteiger partial charge in [0.05, 0.1) is 6.61 Å². The van der Waals surface area contributed by atoms with Gasteiger partial charge in [0.1, 0.15) is 0 Å². The number of hydrogen-bond donors (Lipinski definition) is 0. The monoisotopic (exact) mass is 144 g/mol.